The van der Waals surface area contributed by atoms with Crippen LogP contribution in [-0.4, -0.2) is 21.5 Å². The summed E-state index contributed by atoms with van der Waals surface area (Å²) in [5.74, 6) is -0.883. The van der Waals surface area contributed by atoms with Crippen LogP contribution in [0, 0.1) is 25.2 Å². The fraction of sp³-hybridized carbons (Fsp3) is 0.111. The third-order valence-electron chi connectivity index (χ3n) is 5.28. The molecule has 7 nitrogen and oxygen atoms in total. The van der Waals surface area contributed by atoms with E-state index in [0.29, 0.717) is 28.4 Å². The number of ketones is 1. The van der Waals surface area contributed by atoms with Gasteiger partial charge >= 0.3 is 0 Å². The minimum Gasteiger partial charge on any atom is -0.489 e. The van der Waals surface area contributed by atoms with Crippen LogP contribution in [0.5, 0.6) is 5.75 Å². The van der Waals surface area contributed by atoms with Crippen LogP contribution in [0.25, 0.3) is 5.69 Å². The molecular weight excluding hydrogens is 428 g/mol. The first-order valence-corrected chi connectivity index (χ1v) is 10.7. The van der Waals surface area contributed by atoms with E-state index < -0.39 is 11.7 Å². The van der Waals surface area contributed by atoms with Gasteiger partial charge in [-0.15, -0.1) is 0 Å². The molecule has 0 fully saturated rings. The van der Waals surface area contributed by atoms with Crippen LogP contribution >= 0.6 is 0 Å². The maximum absolute atomic E-state index is 13.0. The number of hydrogen-bond acceptors (Lipinski definition) is 5. The molecule has 4 aromatic rings. The highest BCUT2D eigenvalue weighted by Gasteiger charge is 2.25. The van der Waals surface area contributed by atoms with Crippen molar-refractivity contribution < 1.29 is 14.3 Å². The zero-order valence-corrected chi connectivity index (χ0v) is 18.8. The summed E-state index contributed by atoms with van der Waals surface area (Å²) in [5, 5.41) is 16.1. The number of nitriles is 1. The Labute approximate surface area is 197 Å². The molecule has 0 aliphatic carbocycles. The number of carbonyl (C=O) groups excluding carboxylic acids is 2. The molecule has 0 bridgehead atoms. The van der Waals surface area contributed by atoms with Gasteiger partial charge in [-0.2, -0.15) is 10.4 Å². The molecule has 0 spiro atoms. The largest absolute Gasteiger partial charge is 0.489 e. The van der Waals surface area contributed by atoms with Gasteiger partial charge in [0.15, 0.2) is 0 Å². The summed E-state index contributed by atoms with van der Waals surface area (Å²) in [4.78, 5) is 25.7. The van der Waals surface area contributed by atoms with Crippen molar-refractivity contribution in [3.63, 3.8) is 0 Å². The molecule has 168 valence electrons. The monoisotopic (exact) mass is 450 g/mol. The highest BCUT2D eigenvalue weighted by molar-refractivity contribution is 6.47. The Kier molecular flexibility index (Phi) is 6.51. The molecule has 1 N–H and O–H groups in total. The van der Waals surface area contributed by atoms with Crippen LogP contribution < -0.4 is 10.1 Å². The Hall–Kier alpha value is -4.70. The van der Waals surface area contributed by atoms with Crippen LogP contribution in [0.3, 0.4) is 0 Å². The Morgan fingerprint density at radius 3 is 2.53 bits per heavy atom. The van der Waals surface area contributed by atoms with Gasteiger partial charge in [0, 0.05) is 11.8 Å². The lowest BCUT2D eigenvalue weighted by molar-refractivity contribution is -0.112. The zero-order chi connectivity index (χ0) is 24.1. The van der Waals surface area contributed by atoms with E-state index >= 15 is 0 Å². The number of Topliss-reactive ketones (excluding diaryl/α,β-unsaturated/α-hetero) is 1. The Morgan fingerprint density at radius 2 is 1.76 bits per heavy atom. The van der Waals surface area contributed by atoms with Crippen molar-refractivity contribution in [2.75, 3.05) is 5.32 Å². The number of amides is 1. The number of nitrogens with one attached hydrogen (secondary N) is 1. The van der Waals surface area contributed by atoms with Crippen molar-refractivity contribution in [3.05, 3.63) is 107 Å². The molecule has 0 saturated heterocycles. The molecule has 1 amide bonds. The van der Waals surface area contributed by atoms with Gasteiger partial charge in [-0.25, -0.2) is 4.68 Å². The van der Waals surface area contributed by atoms with E-state index in [0.717, 1.165) is 11.3 Å². The second kappa shape index (κ2) is 9.84. The molecule has 0 saturated carbocycles. The standard InChI is InChI=1S/C27H22N4O3/c1-18-25(19(2)31(30-18)23-11-4-3-5-12-23)26(32)27(33)29-22-10-7-13-24(15-22)34-17-21-9-6-8-20(14-21)16-28/h3-15H,17H2,1-2H3,(H,29,33). The number of anilines is 1. The lowest BCUT2D eigenvalue weighted by Crippen LogP contribution is -2.24. The number of aromatic nitrogens is 2. The quantitative estimate of drug-likeness (QED) is 0.323. The third kappa shape index (κ3) is 4.87. The summed E-state index contributed by atoms with van der Waals surface area (Å²) < 4.78 is 7.45. The summed E-state index contributed by atoms with van der Waals surface area (Å²) in [5.41, 5.74) is 4.02. The van der Waals surface area contributed by atoms with Crippen molar-refractivity contribution >= 4 is 17.4 Å². The summed E-state index contributed by atoms with van der Waals surface area (Å²) >= 11 is 0. The zero-order valence-electron chi connectivity index (χ0n) is 18.8. The summed E-state index contributed by atoms with van der Waals surface area (Å²) in [6.07, 6.45) is 0. The molecule has 34 heavy (non-hydrogen) atoms. The van der Waals surface area contributed by atoms with Crippen LogP contribution in [0.1, 0.15) is 32.9 Å². The highest BCUT2D eigenvalue weighted by atomic mass is 16.5. The van der Waals surface area contributed by atoms with Gasteiger partial charge in [-0.3, -0.25) is 9.59 Å². The lowest BCUT2D eigenvalue weighted by atomic mass is 10.1. The first-order valence-electron chi connectivity index (χ1n) is 10.7. The van der Waals surface area contributed by atoms with E-state index in [1.807, 2.05) is 36.4 Å². The number of hydrogen-bond donors (Lipinski definition) is 1. The molecule has 1 aromatic heterocycles. The highest BCUT2D eigenvalue weighted by Crippen LogP contribution is 2.21. The number of aryl methyl sites for hydroxylation is 1. The topological polar surface area (TPSA) is 97.0 Å². The SMILES string of the molecule is Cc1nn(-c2ccccc2)c(C)c1C(=O)C(=O)Nc1cccc(OCc2cccc(C#N)c2)c1. The fourth-order valence-electron chi connectivity index (χ4n) is 3.65. The van der Waals surface area contributed by atoms with Gasteiger partial charge in [0.1, 0.15) is 12.4 Å². The minimum atomic E-state index is -0.752. The van der Waals surface area contributed by atoms with Crippen molar-refractivity contribution in [2.45, 2.75) is 20.5 Å². The molecule has 0 aliphatic rings. The number of benzene rings is 3. The second-order valence-corrected chi connectivity index (χ2v) is 7.71. The summed E-state index contributed by atoms with van der Waals surface area (Å²) in [6.45, 7) is 3.74. The Bertz CT molecular complexity index is 1400. The summed E-state index contributed by atoms with van der Waals surface area (Å²) in [6, 6.07) is 25.5. The van der Waals surface area contributed by atoms with Crippen molar-refractivity contribution in [2.24, 2.45) is 0 Å². The van der Waals surface area contributed by atoms with E-state index in [1.54, 1.807) is 61.0 Å². The van der Waals surface area contributed by atoms with Gasteiger partial charge in [0.25, 0.3) is 11.7 Å². The number of rotatable bonds is 7. The van der Waals surface area contributed by atoms with Crippen molar-refractivity contribution in [1.29, 1.82) is 5.26 Å². The average molecular weight is 450 g/mol. The molecule has 3 aromatic carbocycles. The molecule has 0 radical (unpaired) electrons. The van der Waals surface area contributed by atoms with Gasteiger partial charge < -0.3 is 10.1 Å². The normalized spacial score (nSPS) is 10.4. The van der Waals surface area contributed by atoms with Gasteiger partial charge in [0.05, 0.1) is 34.3 Å². The van der Waals surface area contributed by atoms with Gasteiger partial charge in [0.2, 0.25) is 0 Å². The smallest absolute Gasteiger partial charge is 0.296 e. The molecule has 1 heterocycles. The predicted molar refractivity (Wildman–Crippen MR) is 128 cm³/mol. The molecule has 0 atom stereocenters. The Balaban J connectivity index is 1.46. The summed E-state index contributed by atoms with van der Waals surface area (Å²) in [7, 11) is 0. The number of para-hydroxylation sites is 1. The third-order valence-corrected chi connectivity index (χ3v) is 5.28. The maximum Gasteiger partial charge on any atom is 0.296 e. The van der Waals surface area contributed by atoms with Crippen molar-refractivity contribution in [1.82, 2.24) is 9.78 Å². The minimum absolute atomic E-state index is 0.267. The number of ether oxygens (including phenoxy) is 1. The molecule has 7 heteroatoms. The van der Waals surface area contributed by atoms with Crippen LogP contribution in [-0.2, 0) is 11.4 Å². The number of carbonyl (C=O) groups is 2. The molecular formula is C27H22N4O3. The van der Waals surface area contributed by atoms with Crippen LogP contribution in [0.15, 0.2) is 78.9 Å². The maximum atomic E-state index is 13.0. The van der Waals surface area contributed by atoms with Crippen LogP contribution in [0.2, 0.25) is 0 Å². The van der Waals surface area contributed by atoms with Gasteiger partial charge in [-0.05, 0) is 55.8 Å². The predicted octanol–water partition coefficient (Wildman–Crippen LogP) is 4.76. The first-order chi connectivity index (χ1) is 16.5. The molecule has 0 unspecified atom stereocenters. The average Bonchev–Trinajstić information content (AvgIpc) is 3.16. The number of nitrogens with zero attached hydrogens (tertiary/aromatic N) is 3. The van der Waals surface area contributed by atoms with Crippen molar-refractivity contribution in [3.8, 4) is 17.5 Å². The van der Waals surface area contributed by atoms with E-state index in [1.165, 1.54) is 0 Å². The van der Waals surface area contributed by atoms with E-state index in [4.69, 9.17) is 10.00 Å². The Morgan fingerprint density at radius 1 is 1.00 bits per heavy atom. The molecule has 4 rings (SSSR count). The first kappa shape index (κ1) is 22.5. The molecule has 0 aliphatic heterocycles. The van der Waals surface area contributed by atoms with E-state index in [9.17, 15) is 9.59 Å². The fourth-order valence-corrected chi connectivity index (χ4v) is 3.65. The van der Waals surface area contributed by atoms with E-state index in [2.05, 4.69) is 16.5 Å². The second-order valence-electron chi connectivity index (χ2n) is 7.71. The lowest BCUT2D eigenvalue weighted by Gasteiger charge is -2.10. The van der Waals surface area contributed by atoms with Gasteiger partial charge in [-0.1, -0.05) is 36.4 Å². The van der Waals surface area contributed by atoms with E-state index in [-0.39, 0.29) is 12.2 Å². The van der Waals surface area contributed by atoms with Crippen LogP contribution in [0.4, 0.5) is 5.69 Å².